The molecule has 0 amide bonds. The molecule has 6 rings (SSSR count). The van der Waals surface area contributed by atoms with E-state index in [0.29, 0.717) is 0 Å². The van der Waals surface area contributed by atoms with E-state index in [2.05, 4.69) is 0 Å². The number of benzene rings is 6. The molecule has 0 radical (unpaired) electrons. The molecule has 6 aromatic carbocycles. The van der Waals surface area contributed by atoms with Crippen LogP contribution in [0.2, 0.25) is 0 Å². The van der Waals surface area contributed by atoms with Gasteiger partial charge in [0, 0.05) is 36.8 Å². The van der Waals surface area contributed by atoms with Crippen LogP contribution in [0.5, 0.6) is 11.5 Å². The Morgan fingerprint density at radius 2 is 0.612 bits per heavy atom. The van der Waals surface area contributed by atoms with Crippen LogP contribution in [0.1, 0.15) is 63.7 Å². The van der Waals surface area contributed by atoms with E-state index in [1.54, 1.807) is 36.4 Å². The summed E-state index contributed by atoms with van der Waals surface area (Å²) in [6.45, 7) is 0. The van der Waals surface area contributed by atoms with E-state index in [1.165, 1.54) is 0 Å². The molecule has 0 spiro atoms. The van der Waals surface area contributed by atoms with Crippen molar-refractivity contribution in [2.75, 3.05) is 0 Å². The molecule has 0 aromatic heterocycles. The molecule has 0 aliphatic rings. The molecule has 5 nitrogen and oxygen atoms in total. The molecule has 0 aliphatic heterocycles. The van der Waals surface area contributed by atoms with Crippen molar-refractivity contribution in [1.29, 1.82) is 0 Å². The lowest BCUT2D eigenvalue weighted by atomic mass is 9.92. The summed E-state index contributed by atoms with van der Waals surface area (Å²) in [5.74, 6) is -0.790. The molecule has 240 valence electrons. The molecule has 0 saturated heterocycles. The monoisotopic (exact) mass is 642 g/mol. The van der Waals surface area contributed by atoms with Gasteiger partial charge in [0.15, 0.2) is 23.1 Å². The summed E-state index contributed by atoms with van der Waals surface area (Å²) in [4.78, 5) is 55.7. The molecule has 49 heavy (non-hydrogen) atoms. The third kappa shape index (κ3) is 8.21. The number of Topliss-reactive ketones (excluding diaryl/α,β-unsaturated/α-hetero) is 4. The van der Waals surface area contributed by atoms with Gasteiger partial charge in [-0.2, -0.15) is 0 Å². The van der Waals surface area contributed by atoms with Crippen molar-refractivity contribution in [3.63, 3.8) is 0 Å². The minimum absolute atomic E-state index is 0.0439. The number of carbonyl (C=O) groups is 4. The fraction of sp³-hybridized carbons (Fsp3) is 0.0909. The standard InChI is InChI=1S/C44H34O5/c45-37(27-31-15-5-1-6-16-31)35-23-13-25-41(43(35)39(47)29-33-19-9-3-10-20-33)49-42-26-14-24-36(38(46)28-32-17-7-2-8-18-32)44(42)40(48)30-34-21-11-4-12-22-34/h1-26H,27-30H2. The highest BCUT2D eigenvalue weighted by atomic mass is 16.5. The lowest BCUT2D eigenvalue weighted by Gasteiger charge is -2.18. The maximum absolute atomic E-state index is 14.1. The average Bonchev–Trinajstić information content (AvgIpc) is 3.13. The van der Waals surface area contributed by atoms with E-state index >= 15 is 0 Å². The maximum atomic E-state index is 14.1. The quantitative estimate of drug-likeness (QED) is 0.111. The Hall–Kier alpha value is -6.20. The maximum Gasteiger partial charge on any atom is 0.171 e. The zero-order valence-electron chi connectivity index (χ0n) is 26.9. The summed E-state index contributed by atoms with van der Waals surface area (Å²) in [5, 5.41) is 0. The first-order valence-electron chi connectivity index (χ1n) is 16.2. The van der Waals surface area contributed by atoms with Crippen LogP contribution in [0, 0.1) is 0 Å². The Morgan fingerprint density at radius 3 is 0.918 bits per heavy atom. The van der Waals surface area contributed by atoms with Crippen LogP contribution in [0.15, 0.2) is 158 Å². The highest BCUT2D eigenvalue weighted by molar-refractivity contribution is 6.13. The highest BCUT2D eigenvalue weighted by Gasteiger charge is 2.26. The van der Waals surface area contributed by atoms with Gasteiger partial charge >= 0.3 is 0 Å². The van der Waals surface area contributed by atoms with Crippen molar-refractivity contribution in [2.24, 2.45) is 0 Å². The van der Waals surface area contributed by atoms with Crippen molar-refractivity contribution >= 4 is 23.1 Å². The van der Waals surface area contributed by atoms with Gasteiger partial charge in [-0.25, -0.2) is 0 Å². The van der Waals surface area contributed by atoms with E-state index in [1.807, 2.05) is 121 Å². The van der Waals surface area contributed by atoms with Crippen molar-refractivity contribution in [2.45, 2.75) is 25.7 Å². The van der Waals surface area contributed by atoms with E-state index in [9.17, 15) is 19.2 Å². The fourth-order valence-corrected chi connectivity index (χ4v) is 5.88. The second kappa shape index (κ2) is 15.6. The van der Waals surface area contributed by atoms with Crippen LogP contribution in [0.4, 0.5) is 0 Å². The summed E-state index contributed by atoms with van der Waals surface area (Å²) in [5.41, 5.74) is 3.94. The van der Waals surface area contributed by atoms with Gasteiger partial charge in [0.25, 0.3) is 0 Å². The van der Waals surface area contributed by atoms with Crippen molar-refractivity contribution in [1.82, 2.24) is 0 Å². The van der Waals surface area contributed by atoms with Crippen molar-refractivity contribution in [3.05, 3.63) is 202 Å². The molecule has 6 aromatic rings. The summed E-state index contributed by atoms with van der Waals surface area (Å²) >= 11 is 0. The molecular weight excluding hydrogens is 608 g/mol. The van der Waals surface area contributed by atoms with Gasteiger partial charge in [-0.1, -0.05) is 146 Å². The summed E-state index contributed by atoms with van der Waals surface area (Å²) in [6.07, 6.45) is 0.283. The van der Waals surface area contributed by atoms with Crippen LogP contribution < -0.4 is 4.74 Å². The van der Waals surface area contributed by atoms with Gasteiger partial charge in [0.05, 0.1) is 11.1 Å². The fourth-order valence-electron chi connectivity index (χ4n) is 5.88. The van der Waals surface area contributed by atoms with Crippen LogP contribution in [-0.4, -0.2) is 23.1 Å². The van der Waals surface area contributed by atoms with E-state index in [0.717, 1.165) is 22.3 Å². The zero-order valence-corrected chi connectivity index (χ0v) is 26.9. The Kier molecular flexibility index (Phi) is 10.4. The lowest BCUT2D eigenvalue weighted by Crippen LogP contribution is -2.16. The van der Waals surface area contributed by atoms with Gasteiger partial charge < -0.3 is 4.74 Å². The first kappa shape index (κ1) is 32.7. The number of ketones is 4. The predicted molar refractivity (Wildman–Crippen MR) is 191 cm³/mol. The summed E-state index contributed by atoms with van der Waals surface area (Å²) in [6, 6.07) is 47.2. The topological polar surface area (TPSA) is 77.5 Å². The van der Waals surface area contributed by atoms with Gasteiger partial charge in [0.2, 0.25) is 0 Å². The van der Waals surface area contributed by atoms with Gasteiger partial charge in [0.1, 0.15) is 11.5 Å². The molecule has 0 aliphatic carbocycles. The Morgan fingerprint density at radius 1 is 0.327 bits per heavy atom. The first-order valence-corrected chi connectivity index (χ1v) is 16.2. The molecule has 0 heterocycles. The second-order valence-electron chi connectivity index (χ2n) is 11.8. The minimum Gasteiger partial charge on any atom is -0.456 e. The average molecular weight is 643 g/mol. The van der Waals surface area contributed by atoms with Crippen molar-refractivity contribution < 1.29 is 23.9 Å². The Labute approximate surface area is 285 Å². The van der Waals surface area contributed by atoms with Crippen LogP contribution >= 0.6 is 0 Å². The minimum atomic E-state index is -0.299. The molecule has 0 unspecified atom stereocenters. The zero-order chi connectivity index (χ0) is 34.0. The molecule has 0 bridgehead atoms. The SMILES string of the molecule is O=C(Cc1ccccc1)c1cccc(Oc2cccc(C(=O)Cc3ccccc3)c2C(=O)Cc2ccccc2)c1C(=O)Cc1ccccc1. The summed E-state index contributed by atoms with van der Waals surface area (Å²) in [7, 11) is 0. The second-order valence-corrected chi connectivity index (χ2v) is 11.8. The number of carbonyl (C=O) groups excluding carboxylic acids is 4. The van der Waals surface area contributed by atoms with Gasteiger partial charge in [-0.15, -0.1) is 0 Å². The van der Waals surface area contributed by atoms with Gasteiger partial charge in [-0.05, 0) is 34.4 Å². The Balaban J connectivity index is 1.43. The Bertz CT molecular complexity index is 1930. The van der Waals surface area contributed by atoms with Crippen LogP contribution in [0.3, 0.4) is 0 Å². The summed E-state index contributed by atoms with van der Waals surface area (Å²) < 4.78 is 6.49. The lowest BCUT2D eigenvalue weighted by molar-refractivity contribution is 0.0955. The first-order chi connectivity index (χ1) is 24.0. The third-order valence-corrected chi connectivity index (χ3v) is 8.26. The molecule has 0 N–H and O–H groups in total. The molecule has 0 saturated carbocycles. The molecule has 0 atom stereocenters. The van der Waals surface area contributed by atoms with Crippen LogP contribution in [-0.2, 0) is 25.7 Å². The smallest absolute Gasteiger partial charge is 0.171 e. The van der Waals surface area contributed by atoms with Crippen LogP contribution in [0.25, 0.3) is 0 Å². The molecule has 5 heteroatoms. The third-order valence-electron chi connectivity index (χ3n) is 8.26. The number of ether oxygens (including phenoxy) is 1. The van der Waals surface area contributed by atoms with Gasteiger partial charge in [-0.3, -0.25) is 19.2 Å². The van der Waals surface area contributed by atoms with E-state index in [-0.39, 0.29) is 82.6 Å². The predicted octanol–water partition coefficient (Wildman–Crippen LogP) is 9.18. The largest absolute Gasteiger partial charge is 0.456 e. The molecular formula is C44H34O5. The number of hydrogen-bond acceptors (Lipinski definition) is 5. The van der Waals surface area contributed by atoms with Crippen molar-refractivity contribution in [3.8, 4) is 11.5 Å². The number of hydrogen-bond donors (Lipinski definition) is 0. The normalized spacial score (nSPS) is 10.7. The molecule has 0 fully saturated rings. The van der Waals surface area contributed by atoms with E-state index < -0.39 is 0 Å². The highest BCUT2D eigenvalue weighted by Crippen LogP contribution is 2.34. The number of rotatable bonds is 14. The van der Waals surface area contributed by atoms with E-state index in [4.69, 9.17) is 4.74 Å².